The topological polar surface area (TPSA) is 58.1 Å². The van der Waals surface area contributed by atoms with Gasteiger partial charge in [0.05, 0.1) is 22.6 Å². The molecule has 1 aliphatic heterocycles. The van der Waals surface area contributed by atoms with E-state index in [1.54, 1.807) is 16.2 Å². The third kappa shape index (κ3) is 3.72. The van der Waals surface area contributed by atoms with E-state index in [4.69, 9.17) is 4.98 Å². The van der Waals surface area contributed by atoms with Crippen LogP contribution >= 0.6 is 11.3 Å². The van der Waals surface area contributed by atoms with Crippen LogP contribution < -0.4 is 5.32 Å². The Balaban J connectivity index is 1.66. The van der Waals surface area contributed by atoms with Crippen molar-refractivity contribution in [3.63, 3.8) is 0 Å². The van der Waals surface area contributed by atoms with Crippen LogP contribution in [0.3, 0.4) is 0 Å². The van der Waals surface area contributed by atoms with Gasteiger partial charge in [-0.1, -0.05) is 13.8 Å². The van der Waals surface area contributed by atoms with Gasteiger partial charge in [-0.15, -0.1) is 11.3 Å². The fourth-order valence-corrected chi connectivity index (χ4v) is 3.90. The average Bonchev–Trinajstić information content (AvgIpc) is 3.07. The highest BCUT2D eigenvalue weighted by molar-refractivity contribution is 7.09. The number of anilines is 1. The van der Waals surface area contributed by atoms with Crippen LogP contribution in [-0.4, -0.2) is 34.0 Å². The third-order valence-electron chi connectivity index (χ3n) is 4.20. The van der Waals surface area contributed by atoms with Gasteiger partial charge in [0.25, 0.3) is 0 Å². The number of urea groups is 1. The largest absolute Gasteiger partial charge is 0.324 e. The van der Waals surface area contributed by atoms with Gasteiger partial charge in [-0.05, 0) is 24.8 Å². The number of rotatable bonds is 3. The molecule has 3 rings (SSSR count). The summed E-state index contributed by atoms with van der Waals surface area (Å²) >= 11 is 1.67. The van der Waals surface area contributed by atoms with Gasteiger partial charge in [-0.25, -0.2) is 14.2 Å². The summed E-state index contributed by atoms with van der Waals surface area (Å²) in [5.41, 5.74) is 1.27. The first-order valence-electron chi connectivity index (χ1n) is 8.15. The van der Waals surface area contributed by atoms with Gasteiger partial charge in [-0.3, -0.25) is 4.98 Å². The lowest BCUT2D eigenvalue weighted by Crippen LogP contribution is -2.41. The Morgan fingerprint density at radius 2 is 2.33 bits per heavy atom. The molecule has 0 spiro atoms. The Bertz CT molecular complexity index is 718. The molecule has 5 nitrogen and oxygen atoms in total. The van der Waals surface area contributed by atoms with Crippen molar-refractivity contribution in [2.75, 3.05) is 18.4 Å². The molecule has 0 bridgehead atoms. The smallest absolute Gasteiger partial charge is 0.321 e. The van der Waals surface area contributed by atoms with E-state index in [9.17, 15) is 9.18 Å². The van der Waals surface area contributed by atoms with Crippen molar-refractivity contribution in [3.8, 4) is 0 Å². The van der Waals surface area contributed by atoms with Crippen LogP contribution in [0.2, 0.25) is 0 Å². The van der Waals surface area contributed by atoms with Crippen molar-refractivity contribution in [3.05, 3.63) is 40.4 Å². The number of halogens is 1. The molecular formula is C17H21FN4OS. The Labute approximate surface area is 144 Å². The van der Waals surface area contributed by atoms with Crippen LogP contribution in [0.15, 0.2) is 23.8 Å². The zero-order valence-corrected chi connectivity index (χ0v) is 14.6. The highest BCUT2D eigenvalue weighted by Crippen LogP contribution is 2.31. The minimum absolute atomic E-state index is 0.161. The lowest BCUT2D eigenvalue weighted by atomic mass is 9.99. The van der Waals surface area contributed by atoms with Crippen LogP contribution in [0.1, 0.15) is 49.2 Å². The Kier molecular flexibility index (Phi) is 5.08. The Hall–Kier alpha value is -2.02. The molecule has 7 heteroatoms. The van der Waals surface area contributed by atoms with Gasteiger partial charge in [-0.2, -0.15) is 0 Å². The number of piperidine rings is 1. The van der Waals surface area contributed by atoms with Crippen molar-refractivity contribution >= 4 is 23.1 Å². The SMILES string of the molecule is CC(C)c1csc([C@H]2CCCN(C(=O)Nc3ccncc3F)C2)n1. The highest BCUT2D eigenvalue weighted by atomic mass is 32.1. The number of thiazole rings is 1. The fraction of sp³-hybridized carbons (Fsp3) is 0.471. The first-order chi connectivity index (χ1) is 11.5. The van der Waals surface area contributed by atoms with Crippen LogP contribution in [0.5, 0.6) is 0 Å². The van der Waals surface area contributed by atoms with E-state index < -0.39 is 5.82 Å². The van der Waals surface area contributed by atoms with E-state index in [0.717, 1.165) is 29.7 Å². The van der Waals surface area contributed by atoms with Crippen LogP contribution in [-0.2, 0) is 0 Å². The molecule has 2 aromatic heterocycles. The number of aromatic nitrogens is 2. The van der Waals surface area contributed by atoms with Gasteiger partial charge < -0.3 is 10.2 Å². The molecule has 24 heavy (non-hydrogen) atoms. The zero-order valence-electron chi connectivity index (χ0n) is 13.8. The first kappa shape index (κ1) is 16.8. The van der Waals surface area contributed by atoms with Gasteiger partial charge in [0.1, 0.15) is 0 Å². The maximum absolute atomic E-state index is 13.6. The summed E-state index contributed by atoms with van der Waals surface area (Å²) in [6.07, 6.45) is 4.50. The number of hydrogen-bond acceptors (Lipinski definition) is 4. The van der Waals surface area contributed by atoms with Crippen LogP contribution in [0.4, 0.5) is 14.9 Å². The van der Waals surface area contributed by atoms with Gasteiger partial charge in [0.15, 0.2) is 5.82 Å². The van der Waals surface area contributed by atoms with Crippen LogP contribution in [0, 0.1) is 5.82 Å². The van der Waals surface area contributed by atoms with Crippen molar-refractivity contribution in [2.45, 2.75) is 38.5 Å². The minimum atomic E-state index is -0.527. The molecule has 2 amide bonds. The molecule has 3 heterocycles. The van der Waals surface area contributed by atoms with Crippen molar-refractivity contribution in [1.82, 2.24) is 14.9 Å². The Morgan fingerprint density at radius 3 is 3.04 bits per heavy atom. The highest BCUT2D eigenvalue weighted by Gasteiger charge is 2.27. The summed E-state index contributed by atoms with van der Waals surface area (Å²) in [6.45, 7) is 5.55. The van der Waals surface area contributed by atoms with Crippen LogP contribution in [0.25, 0.3) is 0 Å². The van der Waals surface area contributed by atoms with Crippen molar-refractivity contribution in [2.24, 2.45) is 0 Å². The summed E-state index contributed by atoms with van der Waals surface area (Å²) < 4.78 is 13.6. The molecule has 128 valence electrons. The zero-order chi connectivity index (χ0) is 17.1. The molecule has 0 saturated carbocycles. The molecule has 2 aromatic rings. The molecule has 0 aromatic carbocycles. The second-order valence-corrected chi connectivity index (χ2v) is 7.23. The quantitative estimate of drug-likeness (QED) is 0.904. The van der Waals surface area contributed by atoms with E-state index in [-0.39, 0.29) is 17.6 Å². The number of nitrogens with zero attached hydrogens (tertiary/aromatic N) is 3. The monoisotopic (exact) mass is 348 g/mol. The molecule has 0 unspecified atom stereocenters. The molecule has 0 aliphatic carbocycles. The normalized spacial score (nSPS) is 18.0. The standard InChI is InChI=1S/C17H21FN4OS/c1-11(2)15-10-24-16(20-15)12-4-3-7-22(9-12)17(23)21-14-5-6-19-8-13(14)18/h5-6,8,10-12H,3-4,7,9H2,1-2H3,(H,19,21,23)/t12-/m0/s1. The summed E-state index contributed by atoms with van der Waals surface area (Å²) in [6, 6.07) is 1.19. The molecular weight excluding hydrogens is 327 g/mol. The first-order valence-corrected chi connectivity index (χ1v) is 9.03. The van der Waals surface area contributed by atoms with E-state index in [1.165, 1.54) is 12.3 Å². The Morgan fingerprint density at radius 1 is 1.50 bits per heavy atom. The fourth-order valence-electron chi connectivity index (χ4n) is 2.79. The predicted molar refractivity (Wildman–Crippen MR) is 93.0 cm³/mol. The van der Waals surface area contributed by atoms with E-state index in [2.05, 4.69) is 29.5 Å². The number of carbonyl (C=O) groups is 1. The lowest BCUT2D eigenvalue weighted by molar-refractivity contribution is 0.192. The number of nitrogens with one attached hydrogen (secondary N) is 1. The summed E-state index contributed by atoms with van der Waals surface area (Å²) in [5.74, 6) is 0.137. The van der Waals surface area contributed by atoms with Crippen molar-refractivity contribution < 1.29 is 9.18 Å². The van der Waals surface area contributed by atoms with Gasteiger partial charge in [0, 0.05) is 30.6 Å². The second kappa shape index (κ2) is 7.25. The maximum atomic E-state index is 13.6. The molecule has 1 saturated heterocycles. The number of pyridine rings is 1. The molecule has 1 atom stereocenters. The third-order valence-corrected chi connectivity index (χ3v) is 5.23. The number of likely N-dealkylation sites (tertiary alicyclic amines) is 1. The number of hydrogen-bond donors (Lipinski definition) is 1. The van der Waals surface area contributed by atoms with Crippen molar-refractivity contribution in [1.29, 1.82) is 0 Å². The predicted octanol–water partition coefficient (Wildman–Crippen LogP) is 4.21. The second-order valence-electron chi connectivity index (χ2n) is 6.34. The molecule has 1 N–H and O–H groups in total. The number of carbonyl (C=O) groups excluding carboxylic acids is 1. The van der Waals surface area contributed by atoms with Gasteiger partial charge >= 0.3 is 6.03 Å². The molecule has 0 radical (unpaired) electrons. The molecule has 1 fully saturated rings. The minimum Gasteiger partial charge on any atom is -0.324 e. The number of amides is 2. The average molecular weight is 348 g/mol. The van der Waals surface area contributed by atoms with Gasteiger partial charge in [0.2, 0.25) is 0 Å². The summed E-state index contributed by atoms with van der Waals surface area (Å²) in [7, 11) is 0. The van der Waals surface area contributed by atoms with E-state index in [1.807, 2.05) is 0 Å². The molecule has 1 aliphatic rings. The maximum Gasteiger partial charge on any atom is 0.321 e. The van der Waals surface area contributed by atoms with E-state index >= 15 is 0 Å². The lowest BCUT2D eigenvalue weighted by Gasteiger charge is -2.31. The summed E-state index contributed by atoms with van der Waals surface area (Å²) in [4.78, 5) is 22.6. The summed E-state index contributed by atoms with van der Waals surface area (Å²) in [5, 5.41) is 5.82. The van der Waals surface area contributed by atoms with E-state index in [0.29, 0.717) is 19.0 Å².